The summed E-state index contributed by atoms with van der Waals surface area (Å²) < 4.78 is 18.7. The first kappa shape index (κ1) is 12.8. The lowest BCUT2D eigenvalue weighted by Gasteiger charge is -2.26. The van der Waals surface area contributed by atoms with Gasteiger partial charge < -0.3 is 15.4 Å². The average molecular weight is 252 g/mol. The van der Waals surface area contributed by atoms with Crippen molar-refractivity contribution >= 4 is 11.6 Å². The van der Waals surface area contributed by atoms with Crippen LogP contribution in [0.25, 0.3) is 0 Å². The third-order valence-electron chi connectivity index (χ3n) is 3.32. The molecule has 1 aromatic rings. The van der Waals surface area contributed by atoms with Crippen molar-refractivity contribution < 1.29 is 13.9 Å². The van der Waals surface area contributed by atoms with Gasteiger partial charge >= 0.3 is 0 Å². The highest BCUT2D eigenvalue weighted by Gasteiger charge is 2.31. The largest absolute Gasteiger partial charge is 0.399 e. The van der Waals surface area contributed by atoms with Crippen molar-refractivity contribution in [3.05, 3.63) is 29.6 Å². The fraction of sp³-hybridized carbons (Fsp3) is 0.462. The highest BCUT2D eigenvalue weighted by atomic mass is 19.1. The Balaban J connectivity index is 2.19. The molecule has 0 aliphatic carbocycles. The van der Waals surface area contributed by atoms with Gasteiger partial charge in [-0.1, -0.05) is 0 Å². The minimum atomic E-state index is -0.498. The molecule has 0 aromatic heterocycles. The van der Waals surface area contributed by atoms with Crippen molar-refractivity contribution in [2.75, 3.05) is 19.4 Å². The standard InChI is InChI=1S/C13H17FN2O2/c1-8-12(3-4-18-8)16(2)13(17)9-5-10(14)7-11(15)6-9/h5-8,12H,3-4,15H2,1-2H3. The van der Waals surface area contributed by atoms with E-state index >= 15 is 0 Å². The van der Waals surface area contributed by atoms with Crippen LogP contribution in [0.5, 0.6) is 0 Å². The number of hydrogen-bond donors (Lipinski definition) is 1. The van der Waals surface area contributed by atoms with Crippen LogP contribution in [0, 0.1) is 5.82 Å². The third kappa shape index (κ3) is 2.46. The first-order valence-corrected chi connectivity index (χ1v) is 5.94. The molecule has 2 unspecified atom stereocenters. The molecule has 1 amide bonds. The molecule has 1 saturated heterocycles. The molecule has 1 aliphatic rings. The summed E-state index contributed by atoms with van der Waals surface area (Å²) in [4.78, 5) is 13.8. The predicted molar refractivity (Wildman–Crippen MR) is 66.7 cm³/mol. The van der Waals surface area contributed by atoms with Crippen molar-refractivity contribution in [3.63, 3.8) is 0 Å². The van der Waals surface area contributed by atoms with E-state index < -0.39 is 5.82 Å². The van der Waals surface area contributed by atoms with Gasteiger partial charge in [0.2, 0.25) is 0 Å². The SMILES string of the molecule is CC1OCCC1N(C)C(=O)c1cc(N)cc(F)c1. The Morgan fingerprint density at radius 1 is 1.50 bits per heavy atom. The number of carbonyl (C=O) groups excluding carboxylic acids is 1. The van der Waals surface area contributed by atoms with Crippen molar-refractivity contribution in [1.82, 2.24) is 4.90 Å². The molecular weight excluding hydrogens is 235 g/mol. The Hall–Kier alpha value is -1.62. The molecule has 0 saturated carbocycles. The van der Waals surface area contributed by atoms with Crippen molar-refractivity contribution in [3.8, 4) is 0 Å². The molecule has 1 aliphatic heterocycles. The maximum absolute atomic E-state index is 13.2. The fourth-order valence-corrected chi connectivity index (χ4v) is 2.32. The van der Waals surface area contributed by atoms with Crippen LogP contribution in [0.3, 0.4) is 0 Å². The second-order valence-corrected chi connectivity index (χ2v) is 4.62. The van der Waals surface area contributed by atoms with Gasteiger partial charge in [-0.3, -0.25) is 4.79 Å². The van der Waals surface area contributed by atoms with E-state index in [1.54, 1.807) is 11.9 Å². The zero-order chi connectivity index (χ0) is 13.3. The molecule has 98 valence electrons. The van der Waals surface area contributed by atoms with E-state index in [2.05, 4.69) is 0 Å². The first-order chi connectivity index (χ1) is 8.49. The molecule has 1 aromatic carbocycles. The second-order valence-electron chi connectivity index (χ2n) is 4.62. The molecule has 1 fully saturated rings. The summed E-state index contributed by atoms with van der Waals surface area (Å²) >= 11 is 0. The van der Waals surface area contributed by atoms with Gasteiger partial charge in [0.15, 0.2) is 0 Å². The van der Waals surface area contributed by atoms with Crippen LogP contribution in [-0.2, 0) is 4.74 Å². The van der Waals surface area contributed by atoms with Crippen LogP contribution in [0.1, 0.15) is 23.7 Å². The molecule has 18 heavy (non-hydrogen) atoms. The summed E-state index contributed by atoms with van der Waals surface area (Å²) in [5.74, 6) is -0.731. The second kappa shape index (κ2) is 4.94. The quantitative estimate of drug-likeness (QED) is 0.814. The lowest BCUT2D eigenvalue weighted by Crippen LogP contribution is -2.41. The number of ether oxygens (including phenoxy) is 1. The molecule has 0 radical (unpaired) electrons. The number of rotatable bonds is 2. The van der Waals surface area contributed by atoms with Crippen LogP contribution in [0.2, 0.25) is 0 Å². The Kier molecular flexibility index (Phi) is 3.52. The lowest BCUT2D eigenvalue weighted by molar-refractivity contribution is 0.0574. The Morgan fingerprint density at radius 3 is 2.78 bits per heavy atom. The normalized spacial score (nSPS) is 23.1. The van der Waals surface area contributed by atoms with Gasteiger partial charge in [0.1, 0.15) is 5.82 Å². The van der Waals surface area contributed by atoms with Gasteiger partial charge in [-0.15, -0.1) is 0 Å². The lowest BCUT2D eigenvalue weighted by atomic mass is 10.1. The molecule has 5 heteroatoms. The van der Waals surface area contributed by atoms with Gasteiger partial charge in [-0.25, -0.2) is 4.39 Å². The van der Waals surface area contributed by atoms with Gasteiger partial charge in [0.05, 0.1) is 12.1 Å². The summed E-state index contributed by atoms with van der Waals surface area (Å²) in [6.45, 7) is 2.58. The number of nitrogens with zero attached hydrogens (tertiary/aromatic N) is 1. The number of nitrogens with two attached hydrogens (primary N) is 1. The zero-order valence-corrected chi connectivity index (χ0v) is 10.5. The minimum absolute atomic E-state index is 0.00450. The van der Waals surface area contributed by atoms with Crippen molar-refractivity contribution in [2.45, 2.75) is 25.5 Å². The first-order valence-electron chi connectivity index (χ1n) is 5.94. The molecule has 0 spiro atoms. The van der Waals surface area contributed by atoms with Gasteiger partial charge in [0, 0.05) is 24.9 Å². The molecule has 0 bridgehead atoms. The summed E-state index contributed by atoms with van der Waals surface area (Å²) in [5.41, 5.74) is 6.07. The highest BCUT2D eigenvalue weighted by molar-refractivity contribution is 5.95. The van der Waals surface area contributed by atoms with Crippen LogP contribution in [0.15, 0.2) is 18.2 Å². The number of halogens is 1. The summed E-state index contributed by atoms with van der Waals surface area (Å²) in [5, 5.41) is 0. The number of hydrogen-bond acceptors (Lipinski definition) is 3. The monoisotopic (exact) mass is 252 g/mol. The van der Waals surface area contributed by atoms with Crippen LogP contribution in [-0.4, -0.2) is 36.6 Å². The van der Waals surface area contributed by atoms with Crippen molar-refractivity contribution in [1.29, 1.82) is 0 Å². The fourth-order valence-electron chi connectivity index (χ4n) is 2.32. The molecule has 4 nitrogen and oxygen atoms in total. The Labute approximate surface area is 106 Å². The minimum Gasteiger partial charge on any atom is -0.399 e. The van der Waals surface area contributed by atoms with Gasteiger partial charge in [-0.2, -0.15) is 0 Å². The maximum atomic E-state index is 13.2. The number of amides is 1. The van der Waals surface area contributed by atoms with E-state index in [0.29, 0.717) is 6.61 Å². The Bertz CT molecular complexity index is 444. The Morgan fingerprint density at radius 2 is 2.22 bits per heavy atom. The average Bonchev–Trinajstić information content (AvgIpc) is 2.72. The van der Waals surface area contributed by atoms with Crippen LogP contribution >= 0.6 is 0 Å². The van der Waals surface area contributed by atoms with E-state index in [-0.39, 0.29) is 29.3 Å². The molecule has 1 heterocycles. The number of benzene rings is 1. The molecule has 2 atom stereocenters. The van der Waals surface area contributed by atoms with Crippen molar-refractivity contribution in [2.24, 2.45) is 0 Å². The third-order valence-corrected chi connectivity index (χ3v) is 3.32. The molecule has 2 rings (SSSR count). The highest BCUT2D eigenvalue weighted by Crippen LogP contribution is 2.21. The van der Waals surface area contributed by atoms with Crippen LogP contribution in [0.4, 0.5) is 10.1 Å². The number of anilines is 1. The predicted octanol–water partition coefficient (Wildman–Crippen LogP) is 1.66. The summed E-state index contributed by atoms with van der Waals surface area (Å²) in [6, 6.07) is 3.91. The van der Waals surface area contributed by atoms with Crippen LogP contribution < -0.4 is 5.73 Å². The maximum Gasteiger partial charge on any atom is 0.254 e. The van der Waals surface area contributed by atoms with Gasteiger partial charge in [0.25, 0.3) is 5.91 Å². The smallest absolute Gasteiger partial charge is 0.254 e. The topological polar surface area (TPSA) is 55.6 Å². The molecular formula is C13H17FN2O2. The summed E-state index contributed by atoms with van der Waals surface area (Å²) in [7, 11) is 1.71. The van der Waals surface area contributed by atoms with Gasteiger partial charge in [-0.05, 0) is 31.5 Å². The number of likely N-dealkylation sites (N-methyl/N-ethyl adjacent to an activating group) is 1. The van der Waals surface area contributed by atoms with E-state index in [1.807, 2.05) is 6.92 Å². The van der Waals surface area contributed by atoms with E-state index in [0.717, 1.165) is 6.42 Å². The van der Waals surface area contributed by atoms with E-state index in [9.17, 15) is 9.18 Å². The zero-order valence-electron chi connectivity index (χ0n) is 10.5. The van der Waals surface area contributed by atoms with E-state index in [1.165, 1.54) is 18.2 Å². The molecule has 2 N–H and O–H groups in total. The number of carbonyl (C=O) groups is 1. The summed E-state index contributed by atoms with van der Waals surface area (Å²) in [6.07, 6.45) is 0.804. The van der Waals surface area contributed by atoms with E-state index in [4.69, 9.17) is 10.5 Å². The number of nitrogen functional groups attached to an aromatic ring is 1.